The number of aromatic nitrogens is 3. The highest BCUT2D eigenvalue weighted by molar-refractivity contribution is 7.03. The predicted molar refractivity (Wildman–Crippen MR) is 81.0 cm³/mol. The second kappa shape index (κ2) is 5.46. The van der Waals surface area contributed by atoms with Gasteiger partial charge in [-0.05, 0) is 44.1 Å². The summed E-state index contributed by atoms with van der Waals surface area (Å²) in [4.78, 5) is 19.1. The maximum Gasteiger partial charge on any atom is 0.256 e. The fourth-order valence-electron chi connectivity index (χ4n) is 2.95. The Balaban J connectivity index is 1.49. The van der Waals surface area contributed by atoms with Crippen LogP contribution in [0.5, 0.6) is 0 Å². The molecule has 1 amide bonds. The van der Waals surface area contributed by atoms with Crippen molar-refractivity contribution in [3.63, 3.8) is 0 Å². The quantitative estimate of drug-likeness (QED) is 0.870. The van der Waals surface area contributed by atoms with E-state index >= 15 is 0 Å². The molecule has 3 heterocycles. The summed E-state index contributed by atoms with van der Waals surface area (Å²) < 4.78 is 9.55. The molecule has 1 aliphatic carbocycles. The van der Waals surface area contributed by atoms with Crippen molar-refractivity contribution < 1.29 is 9.32 Å². The van der Waals surface area contributed by atoms with Gasteiger partial charge in [0.05, 0.1) is 11.3 Å². The van der Waals surface area contributed by atoms with Crippen molar-refractivity contribution in [3.8, 4) is 0 Å². The van der Waals surface area contributed by atoms with E-state index in [2.05, 4.69) is 14.5 Å². The number of piperidine rings is 1. The lowest BCUT2D eigenvalue weighted by atomic mass is 9.97. The van der Waals surface area contributed by atoms with Gasteiger partial charge in [0.15, 0.2) is 5.82 Å². The molecule has 1 saturated heterocycles. The lowest BCUT2D eigenvalue weighted by molar-refractivity contribution is 0.0703. The first kappa shape index (κ1) is 13.9. The molecule has 0 radical (unpaired) electrons. The van der Waals surface area contributed by atoms with Crippen LogP contribution >= 0.6 is 11.5 Å². The monoisotopic (exact) mass is 318 g/mol. The smallest absolute Gasteiger partial charge is 0.256 e. The molecule has 22 heavy (non-hydrogen) atoms. The van der Waals surface area contributed by atoms with E-state index in [9.17, 15) is 4.79 Å². The first-order chi connectivity index (χ1) is 10.7. The molecule has 0 bridgehead atoms. The highest BCUT2D eigenvalue weighted by atomic mass is 32.1. The van der Waals surface area contributed by atoms with E-state index in [1.54, 1.807) is 0 Å². The molecular formula is C15H18N4O2S. The van der Waals surface area contributed by atoms with Gasteiger partial charge in [-0.15, -0.1) is 0 Å². The molecule has 1 atom stereocenters. The molecule has 116 valence electrons. The van der Waals surface area contributed by atoms with Gasteiger partial charge in [-0.1, -0.05) is 5.16 Å². The molecule has 0 N–H and O–H groups in total. The Morgan fingerprint density at radius 3 is 2.95 bits per heavy atom. The predicted octanol–water partition coefficient (Wildman–Crippen LogP) is 2.73. The number of amides is 1. The van der Waals surface area contributed by atoms with Crippen LogP contribution in [0.3, 0.4) is 0 Å². The number of hydrogen-bond donors (Lipinski definition) is 0. The molecule has 7 heteroatoms. The molecule has 1 aliphatic heterocycles. The Morgan fingerprint density at radius 2 is 2.23 bits per heavy atom. The van der Waals surface area contributed by atoms with E-state index in [1.807, 2.05) is 17.2 Å². The molecular weight excluding hydrogens is 300 g/mol. The van der Waals surface area contributed by atoms with Crippen LogP contribution in [-0.2, 0) is 0 Å². The maximum absolute atomic E-state index is 12.6. The minimum atomic E-state index is 0.0712. The molecule has 2 aliphatic rings. The molecule has 4 rings (SSSR count). The number of hydrogen-bond acceptors (Lipinski definition) is 6. The lowest BCUT2D eigenvalue weighted by Gasteiger charge is -2.31. The fourth-order valence-corrected chi connectivity index (χ4v) is 3.64. The van der Waals surface area contributed by atoms with Crippen LogP contribution in [0.1, 0.15) is 65.3 Å². The van der Waals surface area contributed by atoms with Gasteiger partial charge in [-0.25, -0.2) is 0 Å². The minimum Gasteiger partial charge on any atom is -0.339 e. The van der Waals surface area contributed by atoms with Gasteiger partial charge in [-0.2, -0.15) is 9.36 Å². The summed E-state index contributed by atoms with van der Waals surface area (Å²) in [5.41, 5.74) is 1.53. The highest BCUT2D eigenvalue weighted by Crippen LogP contribution is 2.39. The molecule has 0 aromatic carbocycles. The standard InChI is InChI=1S/C15H18N4O2S/c1-9-12(8-22-18-9)15(20)19-6-2-3-11(7-19)13-16-14(21-17-13)10-4-5-10/h8,10-11H,2-7H2,1H3. The van der Waals surface area contributed by atoms with E-state index in [1.165, 1.54) is 11.5 Å². The maximum atomic E-state index is 12.6. The van der Waals surface area contributed by atoms with Gasteiger partial charge in [-0.3, -0.25) is 4.79 Å². The average Bonchev–Trinajstić information content (AvgIpc) is 3.11. The topological polar surface area (TPSA) is 72.1 Å². The third kappa shape index (κ3) is 2.54. The van der Waals surface area contributed by atoms with Crippen molar-refractivity contribution >= 4 is 17.4 Å². The van der Waals surface area contributed by atoms with Crippen LogP contribution in [-0.4, -0.2) is 38.4 Å². The van der Waals surface area contributed by atoms with Crippen molar-refractivity contribution in [2.75, 3.05) is 13.1 Å². The van der Waals surface area contributed by atoms with Crippen LogP contribution < -0.4 is 0 Å². The van der Waals surface area contributed by atoms with Crippen LogP contribution in [0.2, 0.25) is 0 Å². The normalized spacial score (nSPS) is 22.0. The van der Waals surface area contributed by atoms with Gasteiger partial charge in [0.2, 0.25) is 5.89 Å². The molecule has 2 aromatic rings. The Bertz CT molecular complexity index is 691. The van der Waals surface area contributed by atoms with Crippen molar-refractivity contribution in [3.05, 3.63) is 28.4 Å². The number of carbonyl (C=O) groups is 1. The van der Waals surface area contributed by atoms with Crippen LogP contribution in [0.4, 0.5) is 0 Å². The summed E-state index contributed by atoms with van der Waals surface area (Å²) in [5, 5.41) is 5.97. The third-order valence-corrected chi connectivity index (χ3v) is 5.16. The Kier molecular flexibility index (Phi) is 3.44. The first-order valence-corrected chi connectivity index (χ1v) is 8.60. The second-order valence-electron chi connectivity index (χ2n) is 6.17. The zero-order valence-corrected chi connectivity index (χ0v) is 13.3. The zero-order chi connectivity index (χ0) is 15.1. The number of nitrogens with zero attached hydrogens (tertiary/aromatic N) is 4. The SMILES string of the molecule is Cc1nscc1C(=O)N1CCCC(c2noc(C3CC3)n2)C1. The van der Waals surface area contributed by atoms with E-state index < -0.39 is 0 Å². The number of carbonyl (C=O) groups excluding carboxylic acids is 1. The van der Waals surface area contributed by atoms with Crippen LogP contribution in [0, 0.1) is 6.92 Å². The van der Waals surface area contributed by atoms with Crippen molar-refractivity contribution in [1.29, 1.82) is 0 Å². The van der Waals surface area contributed by atoms with Gasteiger partial charge in [0.25, 0.3) is 5.91 Å². The molecule has 6 nitrogen and oxygen atoms in total. The fraction of sp³-hybridized carbons (Fsp3) is 0.600. The van der Waals surface area contributed by atoms with Gasteiger partial charge >= 0.3 is 0 Å². The summed E-state index contributed by atoms with van der Waals surface area (Å²) in [7, 11) is 0. The number of rotatable bonds is 3. The molecule has 1 unspecified atom stereocenters. The Morgan fingerprint density at radius 1 is 1.36 bits per heavy atom. The van der Waals surface area contributed by atoms with Crippen molar-refractivity contribution in [1.82, 2.24) is 19.4 Å². The van der Waals surface area contributed by atoms with Gasteiger partial charge < -0.3 is 9.42 Å². The molecule has 2 fully saturated rings. The zero-order valence-electron chi connectivity index (χ0n) is 12.5. The van der Waals surface area contributed by atoms with Gasteiger partial charge in [0.1, 0.15) is 0 Å². The Hall–Kier alpha value is -1.76. The summed E-state index contributed by atoms with van der Waals surface area (Å²) in [6, 6.07) is 0. The van der Waals surface area contributed by atoms with Crippen LogP contribution in [0.25, 0.3) is 0 Å². The summed E-state index contributed by atoms with van der Waals surface area (Å²) in [6.45, 7) is 3.34. The molecule has 1 saturated carbocycles. The lowest BCUT2D eigenvalue weighted by Crippen LogP contribution is -2.39. The van der Waals surface area contributed by atoms with E-state index in [4.69, 9.17) is 4.52 Å². The minimum absolute atomic E-state index is 0.0712. The van der Waals surface area contributed by atoms with E-state index in [-0.39, 0.29) is 11.8 Å². The van der Waals surface area contributed by atoms with Crippen molar-refractivity contribution in [2.45, 2.75) is 44.4 Å². The summed E-state index contributed by atoms with van der Waals surface area (Å²) in [6.07, 6.45) is 4.29. The third-order valence-electron chi connectivity index (χ3n) is 4.44. The van der Waals surface area contributed by atoms with Crippen LogP contribution in [0.15, 0.2) is 9.90 Å². The number of likely N-dealkylation sites (tertiary alicyclic amines) is 1. The highest BCUT2D eigenvalue weighted by Gasteiger charge is 2.33. The van der Waals surface area contributed by atoms with E-state index in [0.717, 1.165) is 55.2 Å². The summed E-state index contributed by atoms with van der Waals surface area (Å²) >= 11 is 1.33. The van der Waals surface area contributed by atoms with E-state index in [0.29, 0.717) is 12.5 Å². The molecule has 0 spiro atoms. The second-order valence-corrected chi connectivity index (χ2v) is 6.80. The first-order valence-electron chi connectivity index (χ1n) is 7.76. The summed E-state index contributed by atoms with van der Waals surface area (Å²) in [5.74, 6) is 2.26. The van der Waals surface area contributed by atoms with Crippen molar-refractivity contribution in [2.24, 2.45) is 0 Å². The molecule has 2 aromatic heterocycles. The van der Waals surface area contributed by atoms with Gasteiger partial charge in [0, 0.05) is 30.3 Å². The largest absolute Gasteiger partial charge is 0.339 e. The average molecular weight is 318 g/mol. The number of aryl methyl sites for hydroxylation is 1. The Labute approximate surface area is 132 Å².